The molecular weight excluding hydrogens is 430 g/mol. The SMILES string of the molecule is CCOC(=O)c1c(NC(=O)c2nn(-c3cccc(C)c3)c(=O)cc2O)sc2c1CCCC2. The lowest BCUT2D eigenvalue weighted by atomic mass is 9.95. The molecule has 3 aromatic rings. The number of rotatable bonds is 5. The van der Waals surface area contributed by atoms with E-state index in [2.05, 4.69) is 10.4 Å². The third-order valence-electron chi connectivity index (χ3n) is 5.25. The van der Waals surface area contributed by atoms with Crippen molar-refractivity contribution in [3.05, 3.63) is 67.9 Å². The molecule has 1 amide bonds. The molecule has 0 saturated heterocycles. The van der Waals surface area contributed by atoms with Gasteiger partial charge < -0.3 is 15.2 Å². The molecule has 0 aliphatic heterocycles. The fraction of sp³-hybridized carbons (Fsp3) is 0.304. The van der Waals surface area contributed by atoms with Crippen molar-refractivity contribution in [1.82, 2.24) is 9.78 Å². The second-order valence-corrected chi connectivity index (χ2v) is 8.66. The van der Waals surface area contributed by atoms with Crippen LogP contribution in [0.15, 0.2) is 35.1 Å². The second kappa shape index (κ2) is 8.96. The number of amides is 1. The van der Waals surface area contributed by atoms with Crippen LogP contribution in [0, 0.1) is 6.92 Å². The Hall–Kier alpha value is -3.46. The molecule has 166 valence electrons. The molecule has 0 fully saturated rings. The molecule has 0 radical (unpaired) electrons. The summed E-state index contributed by atoms with van der Waals surface area (Å²) in [6.07, 6.45) is 3.57. The van der Waals surface area contributed by atoms with E-state index in [1.165, 1.54) is 11.3 Å². The Morgan fingerprint density at radius 3 is 2.78 bits per heavy atom. The van der Waals surface area contributed by atoms with Gasteiger partial charge in [0.15, 0.2) is 11.4 Å². The molecule has 2 aromatic heterocycles. The molecule has 0 unspecified atom stereocenters. The van der Waals surface area contributed by atoms with Crippen LogP contribution in [0.25, 0.3) is 5.69 Å². The Bertz CT molecular complexity index is 1260. The van der Waals surface area contributed by atoms with Crippen LogP contribution >= 0.6 is 11.3 Å². The van der Waals surface area contributed by atoms with Gasteiger partial charge in [0.2, 0.25) is 0 Å². The molecule has 0 atom stereocenters. The summed E-state index contributed by atoms with van der Waals surface area (Å²) in [4.78, 5) is 39.1. The van der Waals surface area contributed by atoms with E-state index in [9.17, 15) is 19.5 Å². The zero-order valence-corrected chi connectivity index (χ0v) is 18.6. The molecule has 2 N–H and O–H groups in total. The van der Waals surface area contributed by atoms with E-state index in [4.69, 9.17) is 4.74 Å². The van der Waals surface area contributed by atoms with E-state index >= 15 is 0 Å². The second-order valence-electron chi connectivity index (χ2n) is 7.56. The largest absolute Gasteiger partial charge is 0.505 e. The van der Waals surface area contributed by atoms with Crippen molar-refractivity contribution in [2.75, 3.05) is 11.9 Å². The number of nitrogens with zero attached hydrogens (tertiary/aromatic N) is 2. The lowest BCUT2D eigenvalue weighted by molar-refractivity contribution is 0.0526. The Balaban J connectivity index is 1.72. The van der Waals surface area contributed by atoms with Crippen molar-refractivity contribution in [2.24, 2.45) is 0 Å². The molecule has 1 aliphatic rings. The molecule has 1 aliphatic carbocycles. The van der Waals surface area contributed by atoms with Gasteiger partial charge >= 0.3 is 5.97 Å². The van der Waals surface area contributed by atoms with E-state index < -0.39 is 23.2 Å². The first-order chi connectivity index (χ1) is 15.4. The summed E-state index contributed by atoms with van der Waals surface area (Å²) in [6.45, 7) is 3.82. The third-order valence-corrected chi connectivity index (χ3v) is 6.46. The summed E-state index contributed by atoms with van der Waals surface area (Å²) in [7, 11) is 0. The topological polar surface area (TPSA) is 111 Å². The first-order valence-electron chi connectivity index (χ1n) is 10.4. The summed E-state index contributed by atoms with van der Waals surface area (Å²) in [5, 5.41) is 17.5. The Morgan fingerprint density at radius 2 is 2.03 bits per heavy atom. The van der Waals surface area contributed by atoms with Gasteiger partial charge in [-0.25, -0.2) is 4.79 Å². The van der Waals surface area contributed by atoms with Gasteiger partial charge in [-0.05, 0) is 62.8 Å². The Kier molecular flexibility index (Phi) is 6.09. The number of aryl methyl sites for hydroxylation is 2. The lowest BCUT2D eigenvalue weighted by Gasteiger charge is -2.12. The average molecular weight is 454 g/mol. The molecule has 0 spiro atoms. The quantitative estimate of drug-likeness (QED) is 0.571. The maximum atomic E-state index is 13.0. The number of ether oxygens (including phenoxy) is 1. The van der Waals surface area contributed by atoms with Gasteiger partial charge in [-0.2, -0.15) is 9.78 Å². The Morgan fingerprint density at radius 1 is 1.25 bits per heavy atom. The Labute approximate surface area is 188 Å². The first-order valence-corrected chi connectivity index (χ1v) is 11.2. The minimum Gasteiger partial charge on any atom is -0.505 e. The predicted molar refractivity (Wildman–Crippen MR) is 121 cm³/mol. The minimum absolute atomic E-state index is 0.223. The number of hydrogen-bond donors (Lipinski definition) is 2. The van der Waals surface area contributed by atoms with Gasteiger partial charge in [0.05, 0.1) is 17.9 Å². The molecule has 0 bridgehead atoms. The summed E-state index contributed by atoms with van der Waals surface area (Å²) in [6, 6.07) is 8.03. The maximum absolute atomic E-state index is 13.0. The van der Waals surface area contributed by atoms with E-state index in [0.717, 1.165) is 52.4 Å². The number of fused-ring (bicyclic) bond motifs is 1. The number of benzene rings is 1. The zero-order valence-electron chi connectivity index (χ0n) is 17.8. The number of hydrogen-bond acceptors (Lipinski definition) is 7. The van der Waals surface area contributed by atoms with Crippen molar-refractivity contribution in [3.8, 4) is 11.4 Å². The number of aromatic hydroxyl groups is 1. The van der Waals surface area contributed by atoms with Crippen molar-refractivity contribution >= 4 is 28.2 Å². The van der Waals surface area contributed by atoms with Crippen LogP contribution in [0.2, 0.25) is 0 Å². The van der Waals surface area contributed by atoms with E-state index in [1.54, 1.807) is 25.1 Å². The van der Waals surface area contributed by atoms with Gasteiger partial charge in [-0.3, -0.25) is 9.59 Å². The van der Waals surface area contributed by atoms with Crippen LogP contribution in [0.1, 0.15) is 56.6 Å². The molecule has 9 heteroatoms. The smallest absolute Gasteiger partial charge is 0.341 e. The van der Waals surface area contributed by atoms with Crippen LogP contribution in [0.5, 0.6) is 5.75 Å². The summed E-state index contributed by atoms with van der Waals surface area (Å²) in [5.74, 6) is -1.73. The number of esters is 1. The van der Waals surface area contributed by atoms with Gasteiger partial charge in [0.25, 0.3) is 11.5 Å². The van der Waals surface area contributed by atoms with Crippen molar-refractivity contribution < 1.29 is 19.4 Å². The molecular formula is C23H23N3O5S. The molecule has 8 nitrogen and oxygen atoms in total. The fourth-order valence-electron chi connectivity index (χ4n) is 3.79. The monoisotopic (exact) mass is 453 g/mol. The van der Waals surface area contributed by atoms with Crippen LogP contribution < -0.4 is 10.9 Å². The van der Waals surface area contributed by atoms with E-state index in [1.807, 2.05) is 13.0 Å². The highest BCUT2D eigenvalue weighted by Crippen LogP contribution is 2.39. The van der Waals surface area contributed by atoms with Crippen LogP contribution in [0.3, 0.4) is 0 Å². The number of thiophene rings is 1. The van der Waals surface area contributed by atoms with E-state index in [-0.39, 0.29) is 12.3 Å². The lowest BCUT2D eigenvalue weighted by Crippen LogP contribution is -2.25. The van der Waals surface area contributed by atoms with Crippen LogP contribution in [-0.4, -0.2) is 33.4 Å². The molecule has 0 saturated carbocycles. The van der Waals surface area contributed by atoms with Gasteiger partial charge in [-0.1, -0.05) is 12.1 Å². The van der Waals surface area contributed by atoms with Gasteiger partial charge in [-0.15, -0.1) is 11.3 Å². The van der Waals surface area contributed by atoms with Crippen molar-refractivity contribution in [2.45, 2.75) is 39.5 Å². The highest BCUT2D eigenvalue weighted by atomic mass is 32.1. The van der Waals surface area contributed by atoms with Crippen molar-refractivity contribution in [3.63, 3.8) is 0 Å². The number of anilines is 1. The molecule has 2 heterocycles. The van der Waals surface area contributed by atoms with Crippen molar-refractivity contribution in [1.29, 1.82) is 0 Å². The number of carbonyl (C=O) groups is 2. The minimum atomic E-state index is -0.715. The first kappa shape index (κ1) is 21.8. The maximum Gasteiger partial charge on any atom is 0.341 e. The highest BCUT2D eigenvalue weighted by molar-refractivity contribution is 7.17. The van der Waals surface area contributed by atoms with Gasteiger partial charge in [0.1, 0.15) is 5.00 Å². The molecule has 4 rings (SSSR count). The summed E-state index contributed by atoms with van der Waals surface area (Å²) < 4.78 is 6.28. The number of nitrogens with one attached hydrogen (secondary N) is 1. The number of aromatic nitrogens is 2. The summed E-state index contributed by atoms with van der Waals surface area (Å²) >= 11 is 1.34. The average Bonchev–Trinajstić information content (AvgIpc) is 3.11. The third kappa shape index (κ3) is 4.16. The fourth-order valence-corrected chi connectivity index (χ4v) is 5.06. The van der Waals surface area contributed by atoms with Crippen LogP contribution in [-0.2, 0) is 17.6 Å². The highest BCUT2D eigenvalue weighted by Gasteiger charge is 2.28. The molecule has 1 aromatic carbocycles. The van der Waals surface area contributed by atoms with E-state index in [0.29, 0.717) is 16.3 Å². The normalized spacial score (nSPS) is 12.8. The summed E-state index contributed by atoms with van der Waals surface area (Å²) in [5.41, 5.74) is 1.79. The zero-order chi connectivity index (χ0) is 22.8. The number of carbonyl (C=O) groups excluding carboxylic acids is 2. The van der Waals surface area contributed by atoms with Gasteiger partial charge in [0, 0.05) is 10.9 Å². The van der Waals surface area contributed by atoms with Crippen LogP contribution in [0.4, 0.5) is 5.00 Å². The predicted octanol–water partition coefficient (Wildman–Crippen LogP) is 3.62. The molecule has 32 heavy (non-hydrogen) atoms. The standard InChI is InChI=1S/C23H23N3O5S/c1-3-31-23(30)19-15-9-4-5-10-17(15)32-22(19)24-21(29)20-16(27)12-18(28)26(25-20)14-8-6-7-13(2)11-14/h6-8,11-12,27H,3-5,9-10H2,1-2H3,(H,24,29).